The molecule has 4 heteroatoms. The molecule has 1 aromatic rings. The molecule has 1 saturated carbocycles. The van der Waals surface area contributed by atoms with Crippen LogP contribution < -0.4 is 10.6 Å². The zero-order valence-electron chi connectivity index (χ0n) is 10.2. The van der Waals surface area contributed by atoms with Gasteiger partial charge in [-0.15, -0.1) is 11.3 Å². The molecular weight excluding hydrogens is 248 g/mol. The van der Waals surface area contributed by atoms with Gasteiger partial charge in [-0.3, -0.25) is 0 Å². The zero-order valence-corrected chi connectivity index (χ0v) is 11.9. The fraction of sp³-hybridized carbons (Fsp3) is 0.615. The average Bonchev–Trinajstić information content (AvgIpc) is 2.82. The van der Waals surface area contributed by atoms with Crippen LogP contribution in [0.3, 0.4) is 0 Å². The van der Waals surface area contributed by atoms with Gasteiger partial charge in [0, 0.05) is 10.9 Å². The van der Waals surface area contributed by atoms with Crippen LogP contribution in [0.4, 0.5) is 0 Å². The van der Waals surface area contributed by atoms with Crippen molar-refractivity contribution < 1.29 is 0 Å². The summed E-state index contributed by atoms with van der Waals surface area (Å²) in [5, 5.41) is 9.64. The monoisotopic (exact) mass is 268 g/mol. The largest absolute Gasteiger partial charge is 0.360 e. The first kappa shape index (κ1) is 12.8. The summed E-state index contributed by atoms with van der Waals surface area (Å²) in [7, 11) is 0. The van der Waals surface area contributed by atoms with E-state index in [1.807, 2.05) is 0 Å². The van der Waals surface area contributed by atoms with E-state index in [2.05, 4.69) is 35.1 Å². The van der Waals surface area contributed by atoms with Crippen LogP contribution in [-0.4, -0.2) is 11.2 Å². The highest BCUT2D eigenvalue weighted by atomic mass is 32.1. The van der Waals surface area contributed by atoms with E-state index in [4.69, 9.17) is 12.2 Å². The number of rotatable bonds is 3. The highest BCUT2D eigenvalue weighted by Gasteiger charge is 2.21. The lowest BCUT2D eigenvalue weighted by atomic mass is 9.86. The Labute approximate surface area is 113 Å². The molecule has 1 aliphatic carbocycles. The first-order chi connectivity index (χ1) is 8.25. The predicted molar refractivity (Wildman–Crippen MR) is 78.3 cm³/mol. The van der Waals surface area contributed by atoms with Crippen LogP contribution in [0.1, 0.15) is 37.5 Å². The molecule has 1 aliphatic rings. The van der Waals surface area contributed by atoms with Gasteiger partial charge >= 0.3 is 0 Å². The van der Waals surface area contributed by atoms with Crippen molar-refractivity contribution in [3.05, 3.63) is 22.4 Å². The van der Waals surface area contributed by atoms with Gasteiger partial charge in [-0.2, -0.15) is 0 Å². The molecule has 2 N–H and O–H groups in total. The second-order valence-corrected chi connectivity index (χ2v) is 6.22. The Morgan fingerprint density at radius 1 is 1.47 bits per heavy atom. The maximum absolute atomic E-state index is 5.34. The number of hydrogen-bond donors (Lipinski definition) is 2. The predicted octanol–water partition coefficient (Wildman–Crippen LogP) is 3.29. The first-order valence-corrected chi connectivity index (χ1v) is 7.61. The minimum Gasteiger partial charge on any atom is -0.360 e. The zero-order chi connectivity index (χ0) is 12.1. The molecule has 0 aromatic carbocycles. The summed E-state index contributed by atoms with van der Waals surface area (Å²) in [4.78, 5) is 1.32. The fourth-order valence-electron chi connectivity index (χ4n) is 2.33. The van der Waals surface area contributed by atoms with Crippen molar-refractivity contribution in [2.45, 2.75) is 45.2 Å². The molecule has 1 heterocycles. The standard InChI is InChI=1S/C13H20N2S2/c1-10-5-2-3-7-12(10)15-13(16)14-9-11-6-4-8-17-11/h4,6,8,10,12H,2-3,5,7,9H2,1H3,(H2,14,15,16). The van der Waals surface area contributed by atoms with Gasteiger partial charge in [-0.05, 0) is 42.4 Å². The minimum absolute atomic E-state index is 0.562. The lowest BCUT2D eigenvalue weighted by molar-refractivity contribution is 0.308. The molecule has 2 nitrogen and oxygen atoms in total. The molecule has 2 atom stereocenters. The van der Waals surface area contributed by atoms with Gasteiger partial charge in [-0.25, -0.2) is 0 Å². The van der Waals surface area contributed by atoms with Crippen molar-refractivity contribution in [2.75, 3.05) is 0 Å². The smallest absolute Gasteiger partial charge is 0.166 e. The number of thiocarbonyl (C=S) groups is 1. The van der Waals surface area contributed by atoms with E-state index in [1.54, 1.807) is 11.3 Å². The number of hydrogen-bond acceptors (Lipinski definition) is 2. The molecule has 0 radical (unpaired) electrons. The van der Waals surface area contributed by atoms with E-state index in [0.29, 0.717) is 6.04 Å². The Balaban J connectivity index is 1.73. The van der Waals surface area contributed by atoms with Crippen molar-refractivity contribution >= 4 is 28.7 Å². The normalized spacial score (nSPS) is 24.3. The van der Waals surface area contributed by atoms with Crippen molar-refractivity contribution in [1.82, 2.24) is 10.6 Å². The van der Waals surface area contributed by atoms with Gasteiger partial charge in [0.25, 0.3) is 0 Å². The molecule has 17 heavy (non-hydrogen) atoms. The summed E-state index contributed by atoms with van der Waals surface area (Å²) in [6, 6.07) is 4.76. The lowest BCUT2D eigenvalue weighted by Crippen LogP contribution is -2.45. The van der Waals surface area contributed by atoms with Crippen molar-refractivity contribution in [1.29, 1.82) is 0 Å². The fourth-order valence-corrected chi connectivity index (χ4v) is 3.20. The third-order valence-corrected chi connectivity index (χ3v) is 4.57. The molecule has 0 aliphatic heterocycles. The third kappa shape index (κ3) is 3.96. The SMILES string of the molecule is CC1CCCCC1NC(=S)NCc1cccs1. The Kier molecular flexibility index (Phi) is 4.80. The molecule has 0 bridgehead atoms. The van der Waals surface area contributed by atoms with Crippen molar-refractivity contribution in [2.24, 2.45) is 5.92 Å². The van der Waals surface area contributed by atoms with Gasteiger partial charge in [-0.1, -0.05) is 25.8 Å². The molecule has 1 aromatic heterocycles. The molecule has 0 amide bonds. The van der Waals surface area contributed by atoms with E-state index in [1.165, 1.54) is 30.6 Å². The van der Waals surface area contributed by atoms with Crippen LogP contribution in [0.15, 0.2) is 17.5 Å². The Morgan fingerprint density at radius 2 is 2.29 bits per heavy atom. The van der Waals surface area contributed by atoms with Crippen LogP contribution in [-0.2, 0) is 6.54 Å². The van der Waals surface area contributed by atoms with Crippen molar-refractivity contribution in [3.63, 3.8) is 0 Å². The van der Waals surface area contributed by atoms with Crippen LogP contribution in [0, 0.1) is 5.92 Å². The van der Waals surface area contributed by atoms with Crippen LogP contribution in [0.25, 0.3) is 0 Å². The van der Waals surface area contributed by atoms with E-state index < -0.39 is 0 Å². The first-order valence-electron chi connectivity index (χ1n) is 6.32. The molecular formula is C13H20N2S2. The second-order valence-electron chi connectivity index (χ2n) is 4.77. The molecule has 2 unspecified atom stereocenters. The Bertz CT molecular complexity index is 348. The second kappa shape index (κ2) is 6.36. The summed E-state index contributed by atoms with van der Waals surface area (Å²) >= 11 is 7.10. The van der Waals surface area contributed by atoms with Crippen LogP contribution in [0.5, 0.6) is 0 Å². The van der Waals surface area contributed by atoms with Crippen LogP contribution >= 0.6 is 23.6 Å². The molecule has 2 rings (SSSR count). The van der Waals surface area contributed by atoms with E-state index >= 15 is 0 Å². The Hall–Kier alpha value is -0.610. The van der Waals surface area contributed by atoms with Gasteiger partial charge in [0.2, 0.25) is 0 Å². The van der Waals surface area contributed by atoms with Gasteiger partial charge < -0.3 is 10.6 Å². The number of thiophene rings is 1. The molecule has 1 fully saturated rings. The maximum Gasteiger partial charge on any atom is 0.166 e. The quantitative estimate of drug-likeness (QED) is 0.823. The summed E-state index contributed by atoms with van der Waals surface area (Å²) in [5.74, 6) is 0.741. The van der Waals surface area contributed by atoms with Gasteiger partial charge in [0.1, 0.15) is 0 Å². The molecule has 0 spiro atoms. The molecule has 94 valence electrons. The van der Waals surface area contributed by atoms with Crippen molar-refractivity contribution in [3.8, 4) is 0 Å². The van der Waals surface area contributed by atoms with Crippen LogP contribution in [0.2, 0.25) is 0 Å². The lowest BCUT2D eigenvalue weighted by Gasteiger charge is -2.30. The Morgan fingerprint density at radius 3 is 3.00 bits per heavy atom. The summed E-state index contributed by atoms with van der Waals surface area (Å²) in [5.41, 5.74) is 0. The minimum atomic E-state index is 0.562. The number of nitrogens with one attached hydrogen (secondary N) is 2. The topological polar surface area (TPSA) is 24.1 Å². The third-order valence-electron chi connectivity index (χ3n) is 3.43. The maximum atomic E-state index is 5.34. The molecule has 0 saturated heterocycles. The summed E-state index contributed by atoms with van der Waals surface area (Å²) < 4.78 is 0. The van der Waals surface area contributed by atoms with Gasteiger partial charge in [0.05, 0.1) is 6.54 Å². The summed E-state index contributed by atoms with van der Waals surface area (Å²) in [6.45, 7) is 3.16. The van der Waals surface area contributed by atoms with E-state index in [-0.39, 0.29) is 0 Å². The highest BCUT2D eigenvalue weighted by Crippen LogP contribution is 2.23. The highest BCUT2D eigenvalue weighted by molar-refractivity contribution is 7.80. The summed E-state index contributed by atoms with van der Waals surface area (Å²) in [6.07, 6.45) is 5.28. The van der Waals surface area contributed by atoms with E-state index in [9.17, 15) is 0 Å². The van der Waals surface area contributed by atoms with E-state index in [0.717, 1.165) is 17.6 Å². The van der Waals surface area contributed by atoms with Gasteiger partial charge in [0.15, 0.2) is 5.11 Å². The average molecular weight is 268 g/mol.